The van der Waals surface area contributed by atoms with Gasteiger partial charge >= 0.3 is 18.3 Å². The van der Waals surface area contributed by atoms with Crippen molar-refractivity contribution < 1.29 is 40.7 Å². The molecule has 1 aliphatic rings. The minimum absolute atomic E-state index is 0.0189. The summed E-state index contributed by atoms with van der Waals surface area (Å²) in [6.45, 7) is 0. The number of hydrogen-bond acceptors (Lipinski definition) is 7. The van der Waals surface area contributed by atoms with Crippen molar-refractivity contribution in [3.63, 3.8) is 0 Å². The number of nitrogens with zero attached hydrogens (tertiary/aromatic N) is 5. The van der Waals surface area contributed by atoms with E-state index in [2.05, 4.69) is 30.6 Å². The van der Waals surface area contributed by atoms with Crippen LogP contribution in [-0.4, -0.2) is 54.6 Å². The molecule has 0 aliphatic heterocycles. The lowest BCUT2D eigenvalue weighted by atomic mass is 9.92. The largest absolute Gasteiger partial charge is 0.490 e. The first-order valence-corrected chi connectivity index (χ1v) is 10.6. The molecule has 3 aromatic heterocycles. The van der Waals surface area contributed by atoms with Crippen LogP contribution in [0, 0.1) is 0 Å². The molecule has 0 saturated heterocycles. The van der Waals surface area contributed by atoms with Gasteiger partial charge in [0.15, 0.2) is 11.3 Å². The zero-order valence-corrected chi connectivity index (χ0v) is 18.5. The van der Waals surface area contributed by atoms with E-state index < -0.39 is 47.8 Å². The van der Waals surface area contributed by atoms with E-state index in [0.29, 0.717) is 19.3 Å². The van der Waals surface area contributed by atoms with E-state index in [9.17, 15) is 35.9 Å². The number of rotatable bonds is 5. The number of carbonyl (C=O) groups is 2. The molecule has 2 N–H and O–H groups in total. The van der Waals surface area contributed by atoms with Gasteiger partial charge in [-0.3, -0.25) is 9.48 Å². The quantitative estimate of drug-likeness (QED) is 0.391. The van der Waals surface area contributed by atoms with E-state index in [1.165, 1.54) is 23.8 Å². The number of ether oxygens (including phenoxy) is 1. The third kappa shape index (κ3) is 5.36. The second-order valence-electron chi connectivity index (χ2n) is 8.13. The van der Waals surface area contributed by atoms with Gasteiger partial charge in [-0.2, -0.15) is 36.5 Å². The summed E-state index contributed by atoms with van der Waals surface area (Å²) in [6.07, 6.45) is -5.60. The zero-order chi connectivity index (χ0) is 26.3. The molecule has 1 saturated carbocycles. The number of esters is 1. The Balaban J connectivity index is 1.55. The fourth-order valence-corrected chi connectivity index (χ4v) is 3.89. The lowest BCUT2D eigenvalue weighted by Gasteiger charge is -2.32. The fraction of sp³-hybridized carbons (Fsp3) is 0.450. The first-order chi connectivity index (χ1) is 16.8. The van der Waals surface area contributed by atoms with E-state index in [0.717, 1.165) is 17.1 Å². The molecule has 0 spiro atoms. The van der Waals surface area contributed by atoms with E-state index in [-0.39, 0.29) is 23.4 Å². The average molecular weight is 519 g/mol. The zero-order valence-electron chi connectivity index (χ0n) is 18.5. The minimum atomic E-state index is -5.13. The number of aryl methyl sites for hydroxylation is 1. The molecular formula is C20H19F6N7O3. The van der Waals surface area contributed by atoms with Crippen LogP contribution in [0.15, 0.2) is 24.7 Å². The predicted octanol–water partition coefficient (Wildman–Crippen LogP) is 3.56. The number of alkyl halides is 6. The van der Waals surface area contributed by atoms with Gasteiger partial charge in [0.05, 0.1) is 17.9 Å². The van der Waals surface area contributed by atoms with Gasteiger partial charge in [-0.1, -0.05) is 6.42 Å². The SMILES string of the molecule is Cn1cc(NC(=O)c2cnn3ccc(N[C@H]4CCCC[C@H]4OC(=O)C(F)(F)F)nc23)c(C(F)(F)F)n1. The maximum absolute atomic E-state index is 13.2. The van der Waals surface area contributed by atoms with Crippen LogP contribution < -0.4 is 10.6 Å². The van der Waals surface area contributed by atoms with Crippen LogP contribution in [0.3, 0.4) is 0 Å². The van der Waals surface area contributed by atoms with Gasteiger partial charge in [0.1, 0.15) is 17.5 Å². The highest BCUT2D eigenvalue weighted by atomic mass is 19.4. The second kappa shape index (κ2) is 9.31. The summed E-state index contributed by atoms with van der Waals surface area (Å²) in [4.78, 5) is 28.3. The number of amides is 1. The lowest BCUT2D eigenvalue weighted by Crippen LogP contribution is -2.42. The van der Waals surface area contributed by atoms with Crippen molar-refractivity contribution >= 4 is 29.0 Å². The summed E-state index contributed by atoms with van der Waals surface area (Å²) < 4.78 is 84.3. The van der Waals surface area contributed by atoms with Crippen LogP contribution in [0.4, 0.5) is 37.8 Å². The summed E-state index contributed by atoms with van der Waals surface area (Å²) >= 11 is 0. The summed E-state index contributed by atoms with van der Waals surface area (Å²) in [7, 11) is 1.27. The van der Waals surface area contributed by atoms with Gasteiger partial charge < -0.3 is 15.4 Å². The van der Waals surface area contributed by atoms with Crippen molar-refractivity contribution in [2.45, 2.75) is 50.2 Å². The first-order valence-electron chi connectivity index (χ1n) is 10.6. The topological polar surface area (TPSA) is 115 Å². The number of fused-ring (bicyclic) bond motifs is 1. The monoisotopic (exact) mass is 519 g/mol. The van der Waals surface area contributed by atoms with Crippen LogP contribution in [0.1, 0.15) is 41.7 Å². The van der Waals surface area contributed by atoms with Crippen molar-refractivity contribution in [1.29, 1.82) is 0 Å². The summed E-state index contributed by atoms with van der Waals surface area (Å²) in [5.41, 5.74) is -2.00. The molecule has 0 unspecified atom stereocenters. The number of halogens is 6. The standard InChI is InChI=1S/C20H19F6N7O3/c1-32-9-12(15(31-32)19(21,22)23)29-17(34)10-8-27-33-7-6-14(30-16(10)33)28-11-4-2-3-5-13(11)36-18(35)20(24,25)26/h6-9,11,13H,2-5H2,1H3,(H,28,30)(H,29,34)/t11-,13+/m0/s1. The molecule has 194 valence electrons. The Kier molecular flexibility index (Phi) is 6.53. The van der Waals surface area contributed by atoms with Crippen molar-refractivity contribution in [3.05, 3.63) is 35.9 Å². The number of nitrogens with one attached hydrogen (secondary N) is 2. The molecule has 2 atom stereocenters. The molecular weight excluding hydrogens is 500 g/mol. The molecule has 16 heteroatoms. The lowest BCUT2D eigenvalue weighted by molar-refractivity contribution is -0.206. The van der Waals surface area contributed by atoms with Gasteiger partial charge in [0, 0.05) is 19.4 Å². The van der Waals surface area contributed by atoms with Gasteiger partial charge in [-0.15, -0.1) is 0 Å². The minimum Gasteiger partial charge on any atom is -0.454 e. The van der Waals surface area contributed by atoms with E-state index in [1.54, 1.807) is 0 Å². The molecule has 0 bridgehead atoms. The third-order valence-electron chi connectivity index (χ3n) is 5.48. The molecule has 1 amide bonds. The Labute approximate surface area is 198 Å². The molecule has 1 fully saturated rings. The van der Waals surface area contributed by atoms with E-state index >= 15 is 0 Å². The Morgan fingerprint density at radius 2 is 1.86 bits per heavy atom. The molecule has 3 aromatic rings. The number of anilines is 2. The maximum atomic E-state index is 13.2. The summed E-state index contributed by atoms with van der Waals surface area (Å²) in [6, 6.07) is 0.770. The molecule has 0 aromatic carbocycles. The van der Waals surface area contributed by atoms with Gasteiger partial charge in [0.25, 0.3) is 5.91 Å². The summed E-state index contributed by atoms with van der Waals surface area (Å²) in [5, 5.41) is 12.4. The Bertz CT molecular complexity index is 1280. The molecule has 0 radical (unpaired) electrons. The Hall–Kier alpha value is -3.85. The van der Waals surface area contributed by atoms with Crippen LogP contribution >= 0.6 is 0 Å². The van der Waals surface area contributed by atoms with Crippen LogP contribution in [0.5, 0.6) is 0 Å². The Morgan fingerprint density at radius 1 is 1.14 bits per heavy atom. The summed E-state index contributed by atoms with van der Waals surface area (Å²) in [5.74, 6) is -3.06. The number of hydrogen-bond donors (Lipinski definition) is 2. The highest BCUT2D eigenvalue weighted by Gasteiger charge is 2.44. The van der Waals surface area contributed by atoms with Gasteiger partial charge in [-0.25, -0.2) is 14.3 Å². The van der Waals surface area contributed by atoms with Crippen molar-refractivity contribution in [3.8, 4) is 0 Å². The molecule has 36 heavy (non-hydrogen) atoms. The van der Waals surface area contributed by atoms with Crippen molar-refractivity contribution in [1.82, 2.24) is 24.4 Å². The molecule has 4 rings (SSSR count). The maximum Gasteiger partial charge on any atom is 0.490 e. The molecule has 1 aliphatic carbocycles. The van der Waals surface area contributed by atoms with E-state index in [1.807, 2.05) is 0 Å². The highest BCUT2D eigenvalue weighted by molar-refractivity contribution is 6.08. The van der Waals surface area contributed by atoms with Crippen LogP contribution in [0.25, 0.3) is 5.65 Å². The normalized spacial score (nSPS) is 18.8. The predicted molar refractivity (Wildman–Crippen MR) is 111 cm³/mol. The second-order valence-corrected chi connectivity index (χ2v) is 8.13. The third-order valence-corrected chi connectivity index (χ3v) is 5.48. The molecule has 10 nitrogen and oxygen atoms in total. The first kappa shape index (κ1) is 25.2. The Morgan fingerprint density at radius 3 is 2.56 bits per heavy atom. The number of aromatic nitrogens is 5. The average Bonchev–Trinajstić information content (AvgIpc) is 3.37. The van der Waals surface area contributed by atoms with E-state index in [4.69, 9.17) is 0 Å². The molecule has 3 heterocycles. The smallest absolute Gasteiger partial charge is 0.454 e. The number of carbonyl (C=O) groups excluding carboxylic acids is 2. The van der Waals surface area contributed by atoms with Crippen LogP contribution in [0.2, 0.25) is 0 Å². The van der Waals surface area contributed by atoms with Crippen LogP contribution in [-0.2, 0) is 22.8 Å². The highest BCUT2D eigenvalue weighted by Crippen LogP contribution is 2.34. The fourth-order valence-electron chi connectivity index (χ4n) is 3.89. The van der Waals surface area contributed by atoms with Gasteiger partial charge in [-0.05, 0) is 25.3 Å². The van der Waals surface area contributed by atoms with Crippen molar-refractivity contribution in [2.75, 3.05) is 10.6 Å². The van der Waals surface area contributed by atoms with Gasteiger partial charge in [0.2, 0.25) is 0 Å². The van der Waals surface area contributed by atoms with Crippen molar-refractivity contribution in [2.24, 2.45) is 7.05 Å².